The lowest BCUT2D eigenvalue weighted by molar-refractivity contribution is -0.884. The molecule has 0 atom stereocenters. The van der Waals surface area contributed by atoms with Crippen molar-refractivity contribution in [3.8, 4) is 11.5 Å². The number of quaternary nitrogens is 1. The molecule has 2 heterocycles. The van der Waals surface area contributed by atoms with Crippen molar-refractivity contribution in [3.63, 3.8) is 0 Å². The Bertz CT molecular complexity index is 454. The maximum atomic E-state index is 5.34. The summed E-state index contributed by atoms with van der Waals surface area (Å²) in [4.78, 5) is 1.57. The van der Waals surface area contributed by atoms with Crippen LogP contribution in [0.1, 0.15) is 5.56 Å². The van der Waals surface area contributed by atoms with Crippen LogP contribution < -0.4 is 14.4 Å². The minimum Gasteiger partial charge on any atom is -0.454 e. The van der Waals surface area contributed by atoms with E-state index in [-0.39, 0.29) is 0 Å². The van der Waals surface area contributed by atoms with E-state index in [1.807, 2.05) is 24.4 Å². The summed E-state index contributed by atoms with van der Waals surface area (Å²) in [5.74, 6) is 1.62. The predicted octanol–water partition coefficient (Wildman–Crippen LogP) is -0.420. The van der Waals surface area contributed by atoms with Crippen molar-refractivity contribution in [3.05, 3.63) is 23.8 Å². The average Bonchev–Trinajstić information content (AvgIpc) is 2.85. The SMILES string of the molecule is C[NH+]1CCN(/N=C\c2ccc3c(c2)OCO3)CC1. The lowest BCUT2D eigenvalue weighted by Gasteiger charge is -2.27. The molecule has 3 rings (SSSR count). The van der Waals surface area contributed by atoms with Crippen molar-refractivity contribution in [2.24, 2.45) is 5.10 Å². The molecule has 0 unspecified atom stereocenters. The van der Waals surface area contributed by atoms with Crippen molar-refractivity contribution < 1.29 is 14.4 Å². The van der Waals surface area contributed by atoms with Gasteiger partial charge in [-0.2, -0.15) is 5.10 Å². The van der Waals surface area contributed by atoms with Crippen molar-refractivity contribution in [2.75, 3.05) is 40.0 Å². The number of nitrogens with zero attached hydrogens (tertiary/aromatic N) is 2. The van der Waals surface area contributed by atoms with Crippen LogP contribution in [0.25, 0.3) is 0 Å². The van der Waals surface area contributed by atoms with Crippen LogP contribution in [0.5, 0.6) is 11.5 Å². The Morgan fingerprint density at radius 1 is 1.22 bits per heavy atom. The van der Waals surface area contributed by atoms with Crippen molar-refractivity contribution in [1.29, 1.82) is 0 Å². The highest BCUT2D eigenvalue weighted by molar-refractivity contribution is 5.80. The first-order valence-corrected chi connectivity index (χ1v) is 6.31. The van der Waals surface area contributed by atoms with Gasteiger partial charge in [0.05, 0.1) is 39.4 Å². The molecule has 1 fully saturated rings. The number of hydrazone groups is 1. The molecule has 2 aliphatic rings. The second-order valence-corrected chi connectivity index (χ2v) is 4.77. The van der Waals surface area contributed by atoms with Gasteiger partial charge < -0.3 is 14.4 Å². The van der Waals surface area contributed by atoms with Crippen LogP contribution in [0.2, 0.25) is 0 Å². The number of likely N-dealkylation sites (N-methyl/N-ethyl adjacent to an activating group) is 1. The fraction of sp³-hybridized carbons (Fsp3) is 0.462. The zero-order chi connectivity index (χ0) is 12.4. The first-order valence-electron chi connectivity index (χ1n) is 6.31. The molecule has 0 saturated carbocycles. The summed E-state index contributed by atoms with van der Waals surface area (Å²) in [6.07, 6.45) is 1.89. The molecule has 96 valence electrons. The zero-order valence-corrected chi connectivity index (χ0v) is 10.6. The number of benzene rings is 1. The molecule has 0 amide bonds. The van der Waals surface area contributed by atoms with Crippen molar-refractivity contribution >= 4 is 6.21 Å². The fourth-order valence-corrected chi connectivity index (χ4v) is 2.13. The molecule has 0 aromatic heterocycles. The molecular weight excluding hydrogens is 230 g/mol. The molecule has 2 aliphatic heterocycles. The summed E-state index contributed by atoms with van der Waals surface area (Å²) in [5.41, 5.74) is 1.05. The Morgan fingerprint density at radius 3 is 2.83 bits per heavy atom. The highest BCUT2D eigenvalue weighted by atomic mass is 16.7. The monoisotopic (exact) mass is 248 g/mol. The molecular formula is C13H18N3O2+. The van der Waals surface area contributed by atoms with Crippen LogP contribution in [-0.2, 0) is 0 Å². The molecule has 0 aliphatic carbocycles. The van der Waals surface area contributed by atoms with Crippen LogP contribution >= 0.6 is 0 Å². The Hall–Kier alpha value is -1.75. The van der Waals surface area contributed by atoms with E-state index < -0.39 is 0 Å². The van der Waals surface area contributed by atoms with Crippen LogP contribution in [0.4, 0.5) is 0 Å². The topological polar surface area (TPSA) is 38.5 Å². The van der Waals surface area contributed by atoms with E-state index in [0.717, 1.165) is 43.2 Å². The molecule has 5 nitrogen and oxygen atoms in total. The normalized spacial score (nSPS) is 19.7. The van der Waals surface area contributed by atoms with Gasteiger partial charge in [-0.25, -0.2) is 0 Å². The van der Waals surface area contributed by atoms with Crippen molar-refractivity contribution in [2.45, 2.75) is 0 Å². The molecule has 1 N–H and O–H groups in total. The quantitative estimate of drug-likeness (QED) is 0.723. The lowest BCUT2D eigenvalue weighted by Crippen LogP contribution is -3.11. The Kier molecular flexibility index (Phi) is 3.06. The number of hydrogen-bond acceptors (Lipinski definition) is 4. The van der Waals surface area contributed by atoms with E-state index in [4.69, 9.17) is 9.47 Å². The lowest BCUT2D eigenvalue weighted by atomic mass is 10.2. The third kappa shape index (κ3) is 2.41. The van der Waals surface area contributed by atoms with Gasteiger partial charge in [0.2, 0.25) is 6.79 Å². The van der Waals surface area contributed by atoms with Gasteiger partial charge in [-0.15, -0.1) is 0 Å². The molecule has 0 radical (unpaired) electrons. The summed E-state index contributed by atoms with van der Waals surface area (Å²) < 4.78 is 10.6. The Labute approximate surface area is 107 Å². The van der Waals surface area contributed by atoms with Crippen molar-refractivity contribution in [1.82, 2.24) is 5.01 Å². The minimum atomic E-state index is 0.317. The molecule has 1 saturated heterocycles. The summed E-state index contributed by atoms with van der Waals surface area (Å²) in [6.45, 7) is 4.66. The number of piperazine rings is 1. The van der Waals surface area contributed by atoms with Crippen LogP contribution in [-0.4, -0.2) is 51.2 Å². The van der Waals surface area contributed by atoms with Gasteiger partial charge in [0, 0.05) is 0 Å². The predicted molar refractivity (Wildman–Crippen MR) is 68.4 cm³/mol. The Balaban J connectivity index is 1.65. The van der Waals surface area contributed by atoms with Gasteiger partial charge in [0.1, 0.15) is 0 Å². The van der Waals surface area contributed by atoms with E-state index in [1.54, 1.807) is 4.90 Å². The number of hydrogen-bond donors (Lipinski definition) is 1. The molecule has 0 spiro atoms. The van der Waals surface area contributed by atoms with Gasteiger partial charge in [0.15, 0.2) is 11.5 Å². The van der Waals surface area contributed by atoms with E-state index in [9.17, 15) is 0 Å². The number of nitrogens with one attached hydrogen (secondary N) is 1. The van der Waals surface area contributed by atoms with E-state index in [1.165, 1.54) is 0 Å². The van der Waals surface area contributed by atoms with Crippen LogP contribution in [0, 0.1) is 0 Å². The Morgan fingerprint density at radius 2 is 2.00 bits per heavy atom. The molecule has 5 heteroatoms. The van der Waals surface area contributed by atoms with Gasteiger partial charge in [-0.1, -0.05) is 0 Å². The van der Waals surface area contributed by atoms with Gasteiger partial charge in [-0.3, -0.25) is 5.01 Å². The maximum Gasteiger partial charge on any atom is 0.231 e. The molecule has 0 bridgehead atoms. The third-order valence-corrected chi connectivity index (χ3v) is 3.36. The molecule has 1 aromatic rings. The molecule has 1 aromatic carbocycles. The standard InChI is InChI=1S/C13H17N3O2/c1-15-4-6-16(7-5-15)14-9-11-2-3-12-13(8-11)18-10-17-12/h2-3,8-9H,4-7,10H2,1H3/p+1/b14-9-. The number of rotatable bonds is 2. The first kappa shape index (κ1) is 11.3. The van der Waals surface area contributed by atoms with Gasteiger partial charge >= 0.3 is 0 Å². The van der Waals surface area contributed by atoms with Crippen LogP contribution in [0.15, 0.2) is 23.3 Å². The summed E-state index contributed by atoms with van der Waals surface area (Å²) in [7, 11) is 2.22. The second-order valence-electron chi connectivity index (χ2n) is 4.77. The summed E-state index contributed by atoms with van der Waals surface area (Å²) in [5, 5.41) is 6.63. The average molecular weight is 248 g/mol. The van der Waals surface area contributed by atoms with E-state index in [2.05, 4.69) is 17.2 Å². The molecule has 18 heavy (non-hydrogen) atoms. The first-order chi connectivity index (χ1) is 8.81. The highest BCUT2D eigenvalue weighted by Gasteiger charge is 2.15. The van der Waals surface area contributed by atoms with E-state index in [0.29, 0.717) is 6.79 Å². The summed E-state index contributed by atoms with van der Waals surface area (Å²) in [6, 6.07) is 5.89. The number of fused-ring (bicyclic) bond motifs is 1. The summed E-state index contributed by atoms with van der Waals surface area (Å²) >= 11 is 0. The van der Waals surface area contributed by atoms with Gasteiger partial charge in [0.25, 0.3) is 0 Å². The minimum absolute atomic E-state index is 0.317. The zero-order valence-electron chi connectivity index (χ0n) is 10.6. The smallest absolute Gasteiger partial charge is 0.231 e. The third-order valence-electron chi connectivity index (χ3n) is 3.36. The van der Waals surface area contributed by atoms with Gasteiger partial charge in [-0.05, 0) is 23.8 Å². The number of ether oxygens (including phenoxy) is 2. The highest BCUT2D eigenvalue weighted by Crippen LogP contribution is 2.31. The fourth-order valence-electron chi connectivity index (χ4n) is 2.13. The largest absolute Gasteiger partial charge is 0.454 e. The van der Waals surface area contributed by atoms with E-state index >= 15 is 0 Å². The maximum absolute atomic E-state index is 5.34. The second kappa shape index (κ2) is 4.86. The van der Waals surface area contributed by atoms with Crippen LogP contribution in [0.3, 0.4) is 0 Å².